The van der Waals surface area contributed by atoms with Crippen LogP contribution in [0, 0.1) is 0 Å². The summed E-state index contributed by atoms with van der Waals surface area (Å²) in [5, 5.41) is 7.31. The van der Waals surface area contributed by atoms with Gasteiger partial charge in [-0.25, -0.2) is 9.97 Å². The molecule has 3 heterocycles. The number of thiophene rings is 1. The number of benzene rings is 2. The molecule has 5 nitrogen and oxygen atoms in total. The number of rotatable bonds is 8. The number of nitrogens with zero attached hydrogens (tertiary/aromatic N) is 2. The number of thiazole rings is 1. The molecule has 0 saturated heterocycles. The van der Waals surface area contributed by atoms with E-state index in [1.165, 1.54) is 5.56 Å². The van der Waals surface area contributed by atoms with Gasteiger partial charge in [0.05, 0.1) is 21.3 Å². The first-order valence-corrected chi connectivity index (χ1v) is 12.8. The molecule has 8 heteroatoms. The Balaban J connectivity index is 1.17. The predicted octanol–water partition coefficient (Wildman–Crippen LogP) is 6.14. The molecule has 0 spiro atoms. The van der Waals surface area contributed by atoms with Crippen molar-refractivity contribution in [3.63, 3.8) is 0 Å². The fourth-order valence-electron chi connectivity index (χ4n) is 3.31. The molecule has 156 valence electrons. The van der Waals surface area contributed by atoms with Crippen LogP contribution in [0.25, 0.3) is 21.3 Å². The molecule has 5 rings (SSSR count). The summed E-state index contributed by atoms with van der Waals surface area (Å²) in [4.78, 5) is 24.9. The van der Waals surface area contributed by atoms with E-state index in [0.717, 1.165) is 49.3 Å². The number of carbonyl (C=O) groups is 1. The molecule has 0 aliphatic rings. The number of nitrogens with one attached hydrogen (secondary N) is 2. The second-order valence-electron chi connectivity index (χ2n) is 7.14. The maximum absolute atomic E-state index is 12.4. The predicted molar refractivity (Wildman–Crippen MR) is 131 cm³/mol. The van der Waals surface area contributed by atoms with E-state index < -0.39 is 0 Å². The zero-order valence-electron chi connectivity index (χ0n) is 16.6. The average molecular weight is 465 g/mol. The lowest BCUT2D eigenvalue weighted by Gasteiger charge is -2.04. The molecule has 2 aromatic carbocycles. The highest BCUT2D eigenvalue weighted by Gasteiger charge is 2.09. The number of hydrogen-bond donors (Lipinski definition) is 2. The Morgan fingerprint density at radius 1 is 1.06 bits per heavy atom. The standard InChI is InChI=1S/C23H20N4OS3/c28-22(8-7-21-25-17-3-1-2-4-18(17)26-21)24-16-5-6-19-20(13-16)31-23(27-19)30-12-10-15-9-11-29-14-15/h1-6,9,11,13-14H,7-8,10,12H2,(H,24,28)(H,25,26). The number of para-hydroxylation sites is 2. The van der Waals surface area contributed by atoms with Crippen molar-refractivity contribution in [1.29, 1.82) is 0 Å². The number of aromatic amines is 1. The van der Waals surface area contributed by atoms with Crippen molar-refractivity contribution in [3.8, 4) is 0 Å². The molecular formula is C23H20N4OS3. The van der Waals surface area contributed by atoms with Crippen LogP contribution >= 0.6 is 34.4 Å². The summed E-state index contributed by atoms with van der Waals surface area (Å²) in [6.45, 7) is 0. The van der Waals surface area contributed by atoms with Crippen molar-refractivity contribution in [3.05, 3.63) is 70.7 Å². The van der Waals surface area contributed by atoms with Gasteiger partial charge in [-0.15, -0.1) is 11.3 Å². The Morgan fingerprint density at radius 3 is 2.87 bits per heavy atom. The number of H-pyrrole nitrogens is 1. The summed E-state index contributed by atoms with van der Waals surface area (Å²) < 4.78 is 2.16. The second-order valence-corrected chi connectivity index (χ2v) is 10.3. The Hall–Kier alpha value is -2.68. The third kappa shape index (κ3) is 4.98. The Kier molecular flexibility index (Phi) is 6.01. The second kappa shape index (κ2) is 9.21. The van der Waals surface area contributed by atoms with Crippen LogP contribution < -0.4 is 5.32 Å². The molecule has 0 fully saturated rings. The van der Waals surface area contributed by atoms with Crippen LogP contribution in [0.3, 0.4) is 0 Å². The molecule has 0 aliphatic heterocycles. The highest BCUT2D eigenvalue weighted by atomic mass is 32.2. The molecule has 0 bridgehead atoms. The normalized spacial score (nSPS) is 11.4. The van der Waals surface area contributed by atoms with Crippen LogP contribution in [0.5, 0.6) is 0 Å². The van der Waals surface area contributed by atoms with E-state index in [9.17, 15) is 4.79 Å². The van der Waals surface area contributed by atoms with Gasteiger partial charge in [-0.05, 0) is 59.1 Å². The van der Waals surface area contributed by atoms with E-state index in [4.69, 9.17) is 4.98 Å². The minimum atomic E-state index is -0.0188. The van der Waals surface area contributed by atoms with Gasteiger partial charge in [0.2, 0.25) is 5.91 Å². The first-order chi connectivity index (χ1) is 15.2. The number of aromatic nitrogens is 3. The maximum Gasteiger partial charge on any atom is 0.224 e. The highest BCUT2D eigenvalue weighted by molar-refractivity contribution is 8.01. The fraction of sp³-hybridized carbons (Fsp3) is 0.174. The summed E-state index contributed by atoms with van der Waals surface area (Å²) in [6, 6.07) is 16.0. The van der Waals surface area contributed by atoms with E-state index in [1.807, 2.05) is 42.5 Å². The highest BCUT2D eigenvalue weighted by Crippen LogP contribution is 2.31. The first kappa shape index (κ1) is 20.2. The van der Waals surface area contributed by atoms with Crippen LogP contribution in [0.4, 0.5) is 5.69 Å². The number of aryl methyl sites for hydroxylation is 2. The molecular weight excluding hydrogens is 444 g/mol. The van der Waals surface area contributed by atoms with Gasteiger partial charge < -0.3 is 10.3 Å². The summed E-state index contributed by atoms with van der Waals surface area (Å²) in [5.74, 6) is 1.83. The minimum absolute atomic E-state index is 0.0188. The molecule has 1 amide bonds. The summed E-state index contributed by atoms with van der Waals surface area (Å²) in [5.41, 5.74) is 5.09. The van der Waals surface area contributed by atoms with Crippen LogP contribution in [0.15, 0.2) is 63.6 Å². The smallest absolute Gasteiger partial charge is 0.224 e. The molecule has 3 aromatic heterocycles. The zero-order chi connectivity index (χ0) is 21.0. The van der Waals surface area contributed by atoms with Crippen molar-refractivity contribution in [2.24, 2.45) is 0 Å². The average Bonchev–Trinajstić information content (AvgIpc) is 3.51. The van der Waals surface area contributed by atoms with E-state index in [-0.39, 0.29) is 5.91 Å². The van der Waals surface area contributed by atoms with Gasteiger partial charge in [0.15, 0.2) is 4.34 Å². The lowest BCUT2D eigenvalue weighted by molar-refractivity contribution is -0.116. The van der Waals surface area contributed by atoms with Gasteiger partial charge >= 0.3 is 0 Å². The van der Waals surface area contributed by atoms with Crippen LogP contribution in [0.2, 0.25) is 0 Å². The molecule has 2 N–H and O–H groups in total. The van der Waals surface area contributed by atoms with Crippen molar-refractivity contribution < 1.29 is 4.79 Å². The van der Waals surface area contributed by atoms with Gasteiger partial charge in [0, 0.05) is 24.3 Å². The lowest BCUT2D eigenvalue weighted by Crippen LogP contribution is -2.12. The topological polar surface area (TPSA) is 70.7 Å². The monoisotopic (exact) mass is 464 g/mol. The summed E-state index contributed by atoms with van der Waals surface area (Å²) in [7, 11) is 0. The van der Waals surface area contributed by atoms with Crippen molar-refractivity contribution >= 4 is 67.3 Å². The van der Waals surface area contributed by atoms with Gasteiger partial charge in [0.1, 0.15) is 5.82 Å². The summed E-state index contributed by atoms with van der Waals surface area (Å²) >= 11 is 5.20. The Morgan fingerprint density at radius 2 is 2.00 bits per heavy atom. The van der Waals surface area contributed by atoms with Gasteiger partial charge in [-0.2, -0.15) is 11.3 Å². The van der Waals surface area contributed by atoms with E-state index in [2.05, 4.69) is 32.1 Å². The maximum atomic E-state index is 12.4. The van der Waals surface area contributed by atoms with Gasteiger partial charge in [-0.3, -0.25) is 4.79 Å². The Labute approximate surface area is 191 Å². The third-order valence-electron chi connectivity index (χ3n) is 4.88. The minimum Gasteiger partial charge on any atom is -0.342 e. The molecule has 31 heavy (non-hydrogen) atoms. The van der Waals surface area contributed by atoms with E-state index in [1.54, 1.807) is 34.4 Å². The van der Waals surface area contributed by atoms with Gasteiger partial charge in [-0.1, -0.05) is 23.9 Å². The van der Waals surface area contributed by atoms with Gasteiger partial charge in [0.25, 0.3) is 0 Å². The van der Waals surface area contributed by atoms with Crippen molar-refractivity contribution in [2.75, 3.05) is 11.1 Å². The number of hydrogen-bond acceptors (Lipinski definition) is 6. The largest absolute Gasteiger partial charge is 0.342 e. The zero-order valence-corrected chi connectivity index (χ0v) is 19.1. The molecule has 0 aliphatic carbocycles. The molecule has 5 aromatic rings. The van der Waals surface area contributed by atoms with E-state index in [0.29, 0.717) is 12.8 Å². The molecule has 0 radical (unpaired) electrons. The lowest BCUT2D eigenvalue weighted by atomic mass is 10.2. The van der Waals surface area contributed by atoms with Crippen molar-refractivity contribution in [2.45, 2.75) is 23.6 Å². The molecule has 0 unspecified atom stereocenters. The number of fused-ring (bicyclic) bond motifs is 2. The summed E-state index contributed by atoms with van der Waals surface area (Å²) in [6.07, 6.45) is 2.01. The third-order valence-corrected chi connectivity index (χ3v) is 7.77. The Bertz CT molecular complexity index is 1290. The fourth-order valence-corrected chi connectivity index (χ4v) is 6.18. The van der Waals surface area contributed by atoms with Crippen molar-refractivity contribution in [1.82, 2.24) is 15.0 Å². The van der Waals surface area contributed by atoms with Crippen LogP contribution in [-0.4, -0.2) is 26.6 Å². The number of imidazole rings is 1. The number of anilines is 1. The number of carbonyl (C=O) groups excluding carboxylic acids is 1. The number of amides is 1. The quantitative estimate of drug-likeness (QED) is 0.271. The van der Waals surface area contributed by atoms with E-state index >= 15 is 0 Å². The molecule has 0 saturated carbocycles. The van der Waals surface area contributed by atoms with Crippen LogP contribution in [0.1, 0.15) is 17.8 Å². The molecule has 0 atom stereocenters. The SMILES string of the molecule is O=C(CCc1nc2ccccc2[nH]1)Nc1ccc2nc(SCCc3ccsc3)sc2c1. The first-order valence-electron chi connectivity index (χ1n) is 10.0. The number of thioether (sulfide) groups is 1. The van der Waals surface area contributed by atoms with Crippen LogP contribution in [-0.2, 0) is 17.6 Å².